The fraction of sp³-hybridized carbons (Fsp3) is 0.588. The maximum Gasteiger partial charge on any atom is 0.410 e. The van der Waals surface area contributed by atoms with Crippen molar-refractivity contribution in [3.63, 3.8) is 0 Å². The van der Waals surface area contributed by atoms with Gasteiger partial charge in [-0.25, -0.2) is 4.79 Å². The van der Waals surface area contributed by atoms with E-state index < -0.39 is 0 Å². The number of aliphatic hydroxyl groups excluding tert-OH is 1. The lowest BCUT2D eigenvalue weighted by molar-refractivity contribution is 0.0992. The summed E-state index contributed by atoms with van der Waals surface area (Å²) in [5.74, 6) is 0.422. The van der Waals surface area contributed by atoms with E-state index in [2.05, 4.69) is 0 Å². The second-order valence-corrected chi connectivity index (χ2v) is 6.50. The van der Waals surface area contributed by atoms with Crippen LogP contribution in [-0.4, -0.2) is 35.8 Å². The van der Waals surface area contributed by atoms with Crippen molar-refractivity contribution < 1.29 is 14.6 Å². The SMILES string of the molecule is O=C(OCc1ccccc1)N1CC[C@]2(CC[C@@H](CO)C2)C1. The highest BCUT2D eigenvalue weighted by Crippen LogP contribution is 2.47. The Bertz CT molecular complexity index is 490. The number of aliphatic hydroxyl groups is 1. The molecular formula is C17H23NO3. The van der Waals surface area contributed by atoms with E-state index in [0.29, 0.717) is 12.5 Å². The molecule has 4 heteroatoms. The third-order valence-corrected chi connectivity index (χ3v) is 4.96. The van der Waals surface area contributed by atoms with Crippen LogP contribution < -0.4 is 0 Å². The van der Waals surface area contributed by atoms with Crippen LogP contribution in [-0.2, 0) is 11.3 Å². The van der Waals surface area contributed by atoms with Crippen LogP contribution in [0.5, 0.6) is 0 Å². The van der Waals surface area contributed by atoms with Gasteiger partial charge in [0.1, 0.15) is 6.61 Å². The molecule has 0 bridgehead atoms. The second kappa shape index (κ2) is 6.06. The molecule has 4 nitrogen and oxygen atoms in total. The first-order chi connectivity index (χ1) is 10.2. The number of amides is 1. The van der Waals surface area contributed by atoms with E-state index >= 15 is 0 Å². The highest BCUT2D eigenvalue weighted by Gasteiger charge is 2.45. The van der Waals surface area contributed by atoms with Gasteiger partial charge in [-0.3, -0.25) is 0 Å². The Morgan fingerprint density at radius 3 is 2.86 bits per heavy atom. The number of hydrogen-bond donors (Lipinski definition) is 1. The minimum absolute atomic E-state index is 0.205. The first-order valence-corrected chi connectivity index (χ1v) is 7.77. The summed E-state index contributed by atoms with van der Waals surface area (Å²) >= 11 is 0. The zero-order valence-electron chi connectivity index (χ0n) is 12.3. The summed E-state index contributed by atoms with van der Waals surface area (Å²) in [6.45, 7) is 2.19. The van der Waals surface area contributed by atoms with Crippen molar-refractivity contribution in [1.29, 1.82) is 0 Å². The number of hydrogen-bond acceptors (Lipinski definition) is 3. The van der Waals surface area contributed by atoms with Crippen molar-refractivity contribution in [2.75, 3.05) is 19.7 Å². The van der Waals surface area contributed by atoms with Gasteiger partial charge in [0.15, 0.2) is 0 Å². The third-order valence-electron chi connectivity index (χ3n) is 4.96. The van der Waals surface area contributed by atoms with Crippen LogP contribution in [0.1, 0.15) is 31.2 Å². The molecule has 1 saturated heterocycles. The highest BCUT2D eigenvalue weighted by atomic mass is 16.6. The minimum atomic E-state index is -0.205. The van der Waals surface area contributed by atoms with Gasteiger partial charge >= 0.3 is 6.09 Å². The van der Waals surface area contributed by atoms with Crippen molar-refractivity contribution >= 4 is 6.09 Å². The van der Waals surface area contributed by atoms with Gasteiger partial charge in [0.25, 0.3) is 0 Å². The van der Waals surface area contributed by atoms with E-state index in [1.54, 1.807) is 0 Å². The standard InChI is InChI=1S/C17H23NO3/c19-11-15-6-7-17(10-15)8-9-18(13-17)16(20)21-12-14-4-2-1-3-5-14/h1-5,15,19H,6-13H2/t15-,17+/m1/s1. The van der Waals surface area contributed by atoms with Gasteiger partial charge < -0.3 is 14.7 Å². The van der Waals surface area contributed by atoms with Gasteiger partial charge in [-0.2, -0.15) is 0 Å². The minimum Gasteiger partial charge on any atom is -0.445 e. The summed E-state index contributed by atoms with van der Waals surface area (Å²) in [4.78, 5) is 14.0. The summed E-state index contributed by atoms with van der Waals surface area (Å²) < 4.78 is 5.41. The average Bonchev–Trinajstić information content (AvgIpc) is 3.13. The van der Waals surface area contributed by atoms with Gasteiger partial charge in [0, 0.05) is 19.7 Å². The maximum atomic E-state index is 12.2. The van der Waals surface area contributed by atoms with Crippen LogP contribution in [0.3, 0.4) is 0 Å². The summed E-state index contributed by atoms with van der Waals surface area (Å²) in [5.41, 5.74) is 1.25. The monoisotopic (exact) mass is 289 g/mol. The molecule has 0 unspecified atom stereocenters. The Labute approximate surface area is 125 Å². The number of carbonyl (C=O) groups is 1. The van der Waals surface area contributed by atoms with E-state index in [-0.39, 0.29) is 18.1 Å². The molecular weight excluding hydrogens is 266 g/mol. The van der Waals surface area contributed by atoms with E-state index in [4.69, 9.17) is 4.74 Å². The lowest BCUT2D eigenvalue weighted by Crippen LogP contribution is -2.31. The molecule has 2 aliphatic rings. The number of benzene rings is 1. The molecule has 21 heavy (non-hydrogen) atoms. The number of likely N-dealkylation sites (tertiary alicyclic amines) is 1. The van der Waals surface area contributed by atoms with Crippen LogP contribution in [0, 0.1) is 11.3 Å². The number of ether oxygens (including phenoxy) is 1. The summed E-state index contributed by atoms with van der Waals surface area (Å²) in [6.07, 6.45) is 4.10. The smallest absolute Gasteiger partial charge is 0.410 e. The van der Waals surface area contributed by atoms with Crippen LogP contribution >= 0.6 is 0 Å². The van der Waals surface area contributed by atoms with Crippen LogP contribution in [0.2, 0.25) is 0 Å². The van der Waals surface area contributed by atoms with Crippen molar-refractivity contribution in [3.05, 3.63) is 35.9 Å². The van der Waals surface area contributed by atoms with E-state index in [0.717, 1.165) is 44.3 Å². The first kappa shape index (κ1) is 14.4. The normalized spacial score (nSPS) is 28.2. The summed E-state index contributed by atoms with van der Waals surface area (Å²) in [6, 6.07) is 9.76. The Balaban J connectivity index is 1.51. The van der Waals surface area contributed by atoms with Gasteiger partial charge in [-0.1, -0.05) is 30.3 Å². The molecule has 2 fully saturated rings. The molecule has 2 atom stereocenters. The fourth-order valence-corrected chi connectivity index (χ4v) is 3.75. The molecule has 1 aliphatic carbocycles. The van der Waals surface area contributed by atoms with Crippen LogP contribution in [0.15, 0.2) is 30.3 Å². The van der Waals surface area contributed by atoms with Gasteiger partial charge in [-0.05, 0) is 42.6 Å². The predicted molar refractivity (Wildman–Crippen MR) is 79.7 cm³/mol. The predicted octanol–water partition coefficient (Wildman–Crippen LogP) is 2.81. The lowest BCUT2D eigenvalue weighted by atomic mass is 9.84. The molecule has 1 aromatic carbocycles. The summed E-state index contributed by atoms with van der Waals surface area (Å²) in [5, 5.41) is 9.29. The Hall–Kier alpha value is -1.55. The number of carbonyl (C=O) groups excluding carboxylic acids is 1. The molecule has 0 radical (unpaired) electrons. The molecule has 1 heterocycles. The molecule has 1 amide bonds. The van der Waals surface area contributed by atoms with Crippen molar-refractivity contribution in [1.82, 2.24) is 4.90 Å². The molecule has 1 spiro atoms. The lowest BCUT2D eigenvalue weighted by Gasteiger charge is -2.23. The molecule has 114 valence electrons. The van der Waals surface area contributed by atoms with E-state index in [1.807, 2.05) is 35.2 Å². The molecule has 1 saturated carbocycles. The number of nitrogens with zero attached hydrogens (tertiary/aromatic N) is 1. The second-order valence-electron chi connectivity index (χ2n) is 6.50. The van der Waals surface area contributed by atoms with Crippen molar-refractivity contribution in [3.8, 4) is 0 Å². The zero-order valence-corrected chi connectivity index (χ0v) is 12.3. The molecule has 1 N–H and O–H groups in total. The Morgan fingerprint density at radius 2 is 2.14 bits per heavy atom. The van der Waals surface area contributed by atoms with Gasteiger partial charge in [0.2, 0.25) is 0 Å². The Kier molecular flexibility index (Phi) is 4.15. The molecule has 1 aromatic rings. The molecule has 1 aliphatic heterocycles. The average molecular weight is 289 g/mol. The van der Waals surface area contributed by atoms with Crippen molar-refractivity contribution in [2.24, 2.45) is 11.3 Å². The maximum absolute atomic E-state index is 12.2. The topological polar surface area (TPSA) is 49.8 Å². The third kappa shape index (κ3) is 3.21. The van der Waals surface area contributed by atoms with E-state index in [9.17, 15) is 9.90 Å². The zero-order chi connectivity index (χ0) is 14.7. The van der Waals surface area contributed by atoms with E-state index in [1.165, 1.54) is 0 Å². The highest BCUT2D eigenvalue weighted by molar-refractivity contribution is 5.68. The molecule has 0 aromatic heterocycles. The van der Waals surface area contributed by atoms with Crippen molar-refractivity contribution in [2.45, 2.75) is 32.3 Å². The molecule has 3 rings (SSSR count). The fourth-order valence-electron chi connectivity index (χ4n) is 3.75. The largest absolute Gasteiger partial charge is 0.445 e. The summed E-state index contributed by atoms with van der Waals surface area (Å²) in [7, 11) is 0. The quantitative estimate of drug-likeness (QED) is 0.931. The van der Waals surface area contributed by atoms with Crippen LogP contribution in [0.25, 0.3) is 0 Å². The Morgan fingerprint density at radius 1 is 1.33 bits per heavy atom. The van der Waals surface area contributed by atoms with Crippen LogP contribution in [0.4, 0.5) is 4.79 Å². The van der Waals surface area contributed by atoms with Gasteiger partial charge in [-0.15, -0.1) is 0 Å². The first-order valence-electron chi connectivity index (χ1n) is 7.77. The number of rotatable bonds is 3. The van der Waals surface area contributed by atoms with Gasteiger partial charge in [0.05, 0.1) is 0 Å².